The lowest BCUT2D eigenvalue weighted by molar-refractivity contribution is -0.116. The van der Waals surface area contributed by atoms with E-state index in [-0.39, 0.29) is 5.91 Å². The molecule has 0 aliphatic rings. The molecule has 0 bridgehead atoms. The smallest absolute Gasteiger partial charge is 0.224 e. The standard InChI is InChI=1S/C18H21NO2.C14H15NO.C7H6O.C2H6/c1-13(2)11-18(20)19-15-5-4-6-17(12-15)21-16-9-7-14(3)8-10-16;1-11-6-8-13(9-7-11)16-14-5-3-4-12(10-14)15-2;8-6-7-4-2-1-3-5-7;1-2/h4-10,12-13H,11H2,1-3H3,(H,19,20);3-10,15H,1-2H3;1-6H;1-2H3. The molecule has 246 valence electrons. The summed E-state index contributed by atoms with van der Waals surface area (Å²) in [6.07, 6.45) is 1.35. The van der Waals surface area contributed by atoms with Gasteiger partial charge >= 0.3 is 0 Å². The topological polar surface area (TPSA) is 76.7 Å². The van der Waals surface area contributed by atoms with Gasteiger partial charge in [0.05, 0.1) is 0 Å². The van der Waals surface area contributed by atoms with Crippen molar-refractivity contribution in [2.75, 3.05) is 17.7 Å². The molecule has 0 aliphatic carbocycles. The van der Waals surface area contributed by atoms with Crippen LogP contribution in [-0.2, 0) is 4.79 Å². The first-order chi connectivity index (χ1) is 22.7. The number of aldehydes is 1. The molecule has 5 rings (SSSR count). The van der Waals surface area contributed by atoms with Gasteiger partial charge in [-0.05, 0) is 68.3 Å². The summed E-state index contributed by atoms with van der Waals surface area (Å²) < 4.78 is 11.5. The van der Waals surface area contributed by atoms with Gasteiger partial charge in [-0.1, -0.05) is 106 Å². The molecular formula is C41H48N2O4. The largest absolute Gasteiger partial charge is 0.457 e. The third-order valence-electron chi connectivity index (χ3n) is 6.28. The zero-order valence-corrected chi connectivity index (χ0v) is 28.6. The van der Waals surface area contributed by atoms with Crippen LogP contribution in [0.1, 0.15) is 55.6 Å². The summed E-state index contributed by atoms with van der Waals surface area (Å²) in [6, 6.07) is 40.3. The quantitative estimate of drug-likeness (QED) is 0.158. The molecule has 0 saturated heterocycles. The van der Waals surface area contributed by atoms with E-state index in [2.05, 4.69) is 17.6 Å². The summed E-state index contributed by atoms with van der Waals surface area (Å²) in [5.74, 6) is 3.57. The zero-order valence-electron chi connectivity index (χ0n) is 28.6. The monoisotopic (exact) mass is 632 g/mol. The second-order valence-corrected chi connectivity index (χ2v) is 10.8. The Hall–Kier alpha value is -5.36. The Morgan fingerprint density at radius 2 is 1.11 bits per heavy atom. The Labute approximate surface area is 280 Å². The Morgan fingerprint density at radius 1 is 0.638 bits per heavy atom. The Morgan fingerprint density at radius 3 is 1.53 bits per heavy atom. The minimum absolute atomic E-state index is 0.0254. The number of hydrogen-bond acceptors (Lipinski definition) is 5. The van der Waals surface area contributed by atoms with Gasteiger partial charge in [0.25, 0.3) is 0 Å². The van der Waals surface area contributed by atoms with E-state index in [0.717, 1.165) is 40.5 Å². The third-order valence-corrected chi connectivity index (χ3v) is 6.28. The number of carbonyl (C=O) groups excluding carboxylic acids is 2. The van der Waals surface area contributed by atoms with Crippen LogP contribution in [-0.4, -0.2) is 19.2 Å². The van der Waals surface area contributed by atoms with Crippen LogP contribution in [0, 0.1) is 19.8 Å². The Kier molecular flexibility index (Phi) is 17.2. The van der Waals surface area contributed by atoms with E-state index in [9.17, 15) is 9.59 Å². The predicted molar refractivity (Wildman–Crippen MR) is 196 cm³/mol. The van der Waals surface area contributed by atoms with Gasteiger partial charge in [0.2, 0.25) is 5.91 Å². The first kappa shape index (κ1) is 37.8. The van der Waals surface area contributed by atoms with E-state index in [4.69, 9.17) is 9.47 Å². The fraction of sp³-hybridized carbons (Fsp3) is 0.220. The van der Waals surface area contributed by atoms with Gasteiger partial charge in [0.15, 0.2) is 0 Å². The van der Waals surface area contributed by atoms with Gasteiger partial charge in [-0.15, -0.1) is 0 Å². The van der Waals surface area contributed by atoms with Gasteiger partial charge in [-0.3, -0.25) is 9.59 Å². The normalized spacial score (nSPS) is 9.62. The van der Waals surface area contributed by atoms with Gasteiger partial charge in [-0.2, -0.15) is 0 Å². The molecule has 0 fully saturated rings. The predicted octanol–water partition coefficient (Wildman–Crippen LogP) is 11.1. The van der Waals surface area contributed by atoms with Crippen LogP contribution in [0.15, 0.2) is 127 Å². The fourth-order valence-electron chi connectivity index (χ4n) is 3.95. The number of amides is 1. The number of ether oxygens (including phenoxy) is 2. The van der Waals surface area contributed by atoms with Crippen LogP contribution < -0.4 is 20.1 Å². The number of nitrogens with one attached hydrogen (secondary N) is 2. The van der Waals surface area contributed by atoms with Crippen molar-refractivity contribution < 1.29 is 19.1 Å². The second kappa shape index (κ2) is 21.4. The molecule has 1 amide bonds. The molecular weight excluding hydrogens is 584 g/mol. The second-order valence-electron chi connectivity index (χ2n) is 10.8. The molecule has 0 spiro atoms. The van der Waals surface area contributed by atoms with E-state index in [1.54, 1.807) is 12.1 Å². The first-order valence-electron chi connectivity index (χ1n) is 15.9. The molecule has 6 nitrogen and oxygen atoms in total. The SMILES string of the molecule is CC.CNc1cccc(Oc2ccc(C)cc2)c1.Cc1ccc(Oc2cccc(NC(=O)CC(C)C)c2)cc1.O=Cc1ccccc1. The maximum absolute atomic E-state index is 11.8. The maximum Gasteiger partial charge on any atom is 0.224 e. The van der Waals surface area contributed by atoms with Crippen molar-refractivity contribution in [3.8, 4) is 23.0 Å². The summed E-state index contributed by atoms with van der Waals surface area (Å²) in [7, 11) is 1.89. The van der Waals surface area contributed by atoms with Gasteiger partial charge in [0, 0.05) is 42.5 Å². The highest BCUT2D eigenvalue weighted by Gasteiger charge is 2.06. The molecule has 2 N–H and O–H groups in total. The van der Waals surface area contributed by atoms with Crippen LogP contribution in [0.25, 0.3) is 0 Å². The van der Waals surface area contributed by atoms with Gasteiger partial charge in [-0.25, -0.2) is 0 Å². The van der Waals surface area contributed by atoms with E-state index < -0.39 is 0 Å². The number of carbonyl (C=O) groups is 2. The van der Waals surface area contributed by atoms with Crippen molar-refractivity contribution in [1.82, 2.24) is 0 Å². The van der Waals surface area contributed by atoms with E-state index in [1.165, 1.54) is 11.1 Å². The lowest BCUT2D eigenvalue weighted by atomic mass is 10.1. The summed E-state index contributed by atoms with van der Waals surface area (Å²) in [6.45, 7) is 12.1. The fourth-order valence-corrected chi connectivity index (χ4v) is 3.95. The molecule has 5 aromatic carbocycles. The Balaban J connectivity index is 0.000000260. The van der Waals surface area contributed by atoms with Crippen LogP contribution in [0.3, 0.4) is 0 Å². The summed E-state index contributed by atoms with van der Waals surface area (Å²) in [5, 5.41) is 5.97. The van der Waals surface area contributed by atoms with Crippen LogP contribution in [0.4, 0.5) is 11.4 Å². The van der Waals surface area contributed by atoms with Crippen molar-refractivity contribution in [2.24, 2.45) is 5.92 Å². The van der Waals surface area contributed by atoms with Crippen molar-refractivity contribution in [2.45, 2.75) is 48.0 Å². The zero-order chi connectivity index (χ0) is 34.4. The summed E-state index contributed by atoms with van der Waals surface area (Å²) >= 11 is 0. The van der Waals surface area contributed by atoms with E-state index in [1.807, 2.05) is 157 Å². The molecule has 5 aromatic rings. The molecule has 0 heterocycles. The number of aryl methyl sites for hydroxylation is 2. The number of anilines is 2. The van der Waals surface area contributed by atoms with Crippen molar-refractivity contribution in [1.29, 1.82) is 0 Å². The Bertz CT molecular complexity index is 1600. The van der Waals surface area contributed by atoms with Crippen molar-refractivity contribution in [3.63, 3.8) is 0 Å². The summed E-state index contributed by atoms with van der Waals surface area (Å²) in [4.78, 5) is 21.8. The molecule has 47 heavy (non-hydrogen) atoms. The maximum atomic E-state index is 11.8. The molecule has 0 atom stereocenters. The molecule has 0 saturated carbocycles. The number of hydrogen-bond donors (Lipinski definition) is 2. The highest BCUT2D eigenvalue weighted by atomic mass is 16.5. The van der Waals surface area contributed by atoms with E-state index >= 15 is 0 Å². The average Bonchev–Trinajstić information content (AvgIpc) is 3.08. The molecule has 0 radical (unpaired) electrons. The highest BCUT2D eigenvalue weighted by Crippen LogP contribution is 2.25. The average molecular weight is 633 g/mol. The van der Waals surface area contributed by atoms with Crippen molar-refractivity contribution in [3.05, 3.63) is 144 Å². The third kappa shape index (κ3) is 15.5. The van der Waals surface area contributed by atoms with E-state index in [0.29, 0.717) is 18.1 Å². The number of rotatable bonds is 9. The van der Waals surface area contributed by atoms with Crippen LogP contribution in [0.2, 0.25) is 0 Å². The molecule has 0 aromatic heterocycles. The number of benzene rings is 5. The highest BCUT2D eigenvalue weighted by molar-refractivity contribution is 5.91. The summed E-state index contributed by atoms with van der Waals surface area (Å²) in [5.41, 5.74) is 4.95. The minimum atomic E-state index is 0.0254. The van der Waals surface area contributed by atoms with Crippen LogP contribution >= 0.6 is 0 Å². The first-order valence-corrected chi connectivity index (χ1v) is 15.9. The molecule has 0 unspecified atom stereocenters. The lowest BCUT2D eigenvalue weighted by Crippen LogP contribution is -2.13. The molecule has 0 aliphatic heterocycles. The lowest BCUT2D eigenvalue weighted by Gasteiger charge is -2.10. The minimum Gasteiger partial charge on any atom is -0.457 e. The molecule has 6 heteroatoms. The van der Waals surface area contributed by atoms with Gasteiger partial charge < -0.3 is 20.1 Å². The van der Waals surface area contributed by atoms with Gasteiger partial charge in [0.1, 0.15) is 29.3 Å². The van der Waals surface area contributed by atoms with Crippen molar-refractivity contribution >= 4 is 23.6 Å². The van der Waals surface area contributed by atoms with Crippen LogP contribution in [0.5, 0.6) is 23.0 Å².